The average Bonchev–Trinajstić information content (AvgIpc) is 2.54. The summed E-state index contributed by atoms with van der Waals surface area (Å²) in [5, 5.41) is 9.22. The third kappa shape index (κ3) is 3.28. The van der Waals surface area contributed by atoms with E-state index in [2.05, 4.69) is 0 Å². The molecule has 2 aliphatic heterocycles. The van der Waals surface area contributed by atoms with Crippen LogP contribution in [0.5, 0.6) is 5.75 Å². The first kappa shape index (κ1) is 16.1. The number of hydrogen-bond donors (Lipinski definition) is 1. The Labute approximate surface area is 134 Å². The van der Waals surface area contributed by atoms with Crippen LogP contribution < -0.4 is 9.04 Å². The van der Waals surface area contributed by atoms with Crippen LogP contribution in [-0.4, -0.2) is 51.1 Å². The van der Waals surface area contributed by atoms with Crippen molar-refractivity contribution in [2.24, 2.45) is 0 Å². The number of anilines is 1. The maximum Gasteiger partial charge on any atom is 0.339 e. The molecule has 0 saturated carbocycles. The highest BCUT2D eigenvalue weighted by molar-refractivity contribution is 7.92. The minimum absolute atomic E-state index is 0.0312. The van der Waals surface area contributed by atoms with Gasteiger partial charge in [0.05, 0.1) is 24.1 Å². The van der Waals surface area contributed by atoms with E-state index in [9.17, 15) is 18.3 Å². The lowest BCUT2D eigenvalue weighted by Crippen LogP contribution is -2.43. The van der Waals surface area contributed by atoms with Crippen LogP contribution in [0, 0.1) is 0 Å². The van der Waals surface area contributed by atoms with Crippen molar-refractivity contribution >= 4 is 21.7 Å². The summed E-state index contributed by atoms with van der Waals surface area (Å²) >= 11 is 0. The normalized spacial score (nSPS) is 21.4. The van der Waals surface area contributed by atoms with Crippen LogP contribution in [0.3, 0.4) is 0 Å². The quantitative estimate of drug-likeness (QED) is 0.892. The predicted octanol–water partition coefficient (Wildman–Crippen LogP) is 1.48. The van der Waals surface area contributed by atoms with E-state index in [1.807, 2.05) is 0 Å². The highest BCUT2D eigenvalue weighted by Gasteiger charge is 2.33. The Kier molecular flexibility index (Phi) is 4.45. The molecule has 0 spiro atoms. The van der Waals surface area contributed by atoms with Crippen molar-refractivity contribution in [3.8, 4) is 5.75 Å². The Balaban J connectivity index is 1.90. The fourth-order valence-corrected chi connectivity index (χ4v) is 4.65. The second kappa shape index (κ2) is 6.37. The number of benzene rings is 1. The third-order valence-corrected chi connectivity index (χ3v) is 5.88. The van der Waals surface area contributed by atoms with E-state index in [0.717, 1.165) is 19.3 Å². The number of rotatable bonds is 4. The highest BCUT2D eigenvalue weighted by atomic mass is 32.2. The van der Waals surface area contributed by atoms with E-state index >= 15 is 0 Å². The fourth-order valence-electron chi connectivity index (χ4n) is 2.95. The summed E-state index contributed by atoms with van der Waals surface area (Å²) in [7, 11) is -3.60. The highest BCUT2D eigenvalue weighted by Crippen LogP contribution is 2.37. The van der Waals surface area contributed by atoms with Crippen LogP contribution in [0.15, 0.2) is 18.2 Å². The first-order valence-electron chi connectivity index (χ1n) is 7.60. The summed E-state index contributed by atoms with van der Waals surface area (Å²) in [6, 6.07) is 4.50. The maximum absolute atomic E-state index is 12.7. The Hall–Kier alpha value is -1.80. The Morgan fingerprint density at radius 3 is 2.83 bits per heavy atom. The van der Waals surface area contributed by atoms with Gasteiger partial charge in [-0.05, 0) is 31.4 Å². The summed E-state index contributed by atoms with van der Waals surface area (Å²) in [6.07, 6.45) is 2.34. The maximum atomic E-state index is 12.7. The lowest BCUT2D eigenvalue weighted by molar-refractivity contribution is 0.0304. The first-order valence-corrected chi connectivity index (χ1v) is 9.21. The second-order valence-electron chi connectivity index (χ2n) is 5.65. The van der Waals surface area contributed by atoms with Gasteiger partial charge in [-0.25, -0.2) is 13.2 Å². The molecule has 1 aromatic rings. The molecule has 3 rings (SSSR count). The lowest BCUT2D eigenvalue weighted by atomic mass is 10.1. The molecule has 0 bridgehead atoms. The number of carboxylic acid groups (broad SMARTS) is 1. The van der Waals surface area contributed by atoms with Gasteiger partial charge in [0.15, 0.2) is 5.75 Å². The summed E-state index contributed by atoms with van der Waals surface area (Å²) in [4.78, 5) is 11.3. The van der Waals surface area contributed by atoms with Gasteiger partial charge < -0.3 is 14.6 Å². The molecule has 1 N–H and O–H groups in total. The van der Waals surface area contributed by atoms with E-state index in [0.29, 0.717) is 6.61 Å². The topological polar surface area (TPSA) is 93.1 Å². The van der Waals surface area contributed by atoms with Gasteiger partial charge in [-0.3, -0.25) is 4.31 Å². The van der Waals surface area contributed by atoms with Crippen molar-refractivity contribution < 1.29 is 27.8 Å². The third-order valence-electron chi connectivity index (χ3n) is 4.04. The zero-order chi connectivity index (χ0) is 16.4. The van der Waals surface area contributed by atoms with E-state index in [-0.39, 0.29) is 42.0 Å². The fraction of sp³-hybridized carbons (Fsp3) is 0.533. The molecule has 126 valence electrons. The summed E-state index contributed by atoms with van der Waals surface area (Å²) in [5.41, 5.74) is 0.253. The van der Waals surface area contributed by atoms with Crippen molar-refractivity contribution in [3.05, 3.63) is 23.8 Å². The van der Waals surface area contributed by atoms with Crippen LogP contribution in [0.2, 0.25) is 0 Å². The molecule has 1 fully saturated rings. The van der Waals surface area contributed by atoms with Gasteiger partial charge in [-0.15, -0.1) is 0 Å². The van der Waals surface area contributed by atoms with E-state index in [4.69, 9.17) is 9.47 Å². The van der Waals surface area contributed by atoms with Crippen molar-refractivity contribution in [1.82, 2.24) is 0 Å². The number of carbonyl (C=O) groups is 1. The Morgan fingerprint density at radius 1 is 1.30 bits per heavy atom. The minimum atomic E-state index is -3.60. The number of carboxylic acids is 1. The van der Waals surface area contributed by atoms with E-state index in [1.54, 1.807) is 6.07 Å². The molecule has 23 heavy (non-hydrogen) atoms. The molecule has 2 heterocycles. The summed E-state index contributed by atoms with van der Waals surface area (Å²) < 4.78 is 37.7. The molecular weight excluding hydrogens is 322 g/mol. The zero-order valence-corrected chi connectivity index (χ0v) is 13.4. The van der Waals surface area contributed by atoms with E-state index < -0.39 is 16.0 Å². The lowest BCUT2D eigenvalue weighted by Gasteiger charge is -2.32. The van der Waals surface area contributed by atoms with Crippen LogP contribution in [-0.2, 0) is 14.8 Å². The average molecular weight is 341 g/mol. The SMILES string of the molecule is O=C(O)c1cccc2c1OCCN2S(=O)(=O)CC1CCCCO1. The van der Waals surface area contributed by atoms with Crippen molar-refractivity contribution in [3.63, 3.8) is 0 Å². The van der Waals surface area contributed by atoms with Gasteiger partial charge in [0, 0.05) is 6.61 Å². The van der Waals surface area contributed by atoms with E-state index in [1.165, 1.54) is 16.4 Å². The molecule has 0 aromatic heterocycles. The molecule has 1 aromatic carbocycles. The molecule has 1 saturated heterocycles. The zero-order valence-electron chi connectivity index (χ0n) is 12.6. The van der Waals surface area contributed by atoms with Crippen molar-refractivity contribution in [2.75, 3.05) is 29.8 Å². The standard InChI is InChI=1S/C15H19NO6S/c17-15(18)12-5-3-6-13-14(12)22-9-7-16(13)23(19,20)10-11-4-1-2-8-21-11/h3,5-6,11H,1-2,4,7-10H2,(H,17,18). The number of fused-ring (bicyclic) bond motifs is 1. The second-order valence-corrected chi connectivity index (χ2v) is 7.58. The molecule has 0 amide bonds. The monoisotopic (exact) mass is 341 g/mol. The number of para-hydroxylation sites is 1. The Bertz CT molecular complexity index is 696. The predicted molar refractivity (Wildman–Crippen MR) is 83.6 cm³/mol. The van der Waals surface area contributed by atoms with Gasteiger partial charge in [-0.2, -0.15) is 0 Å². The smallest absolute Gasteiger partial charge is 0.339 e. The van der Waals surface area contributed by atoms with Crippen LogP contribution in [0.25, 0.3) is 0 Å². The molecule has 1 unspecified atom stereocenters. The van der Waals surface area contributed by atoms with Crippen molar-refractivity contribution in [2.45, 2.75) is 25.4 Å². The molecule has 8 heteroatoms. The van der Waals surface area contributed by atoms with Gasteiger partial charge in [0.2, 0.25) is 10.0 Å². The number of ether oxygens (including phenoxy) is 2. The first-order chi connectivity index (χ1) is 11.0. The van der Waals surface area contributed by atoms with Gasteiger partial charge in [0.1, 0.15) is 12.2 Å². The summed E-state index contributed by atoms with van der Waals surface area (Å²) in [5.74, 6) is -1.12. The van der Waals surface area contributed by atoms with Gasteiger partial charge in [0.25, 0.3) is 0 Å². The summed E-state index contributed by atoms with van der Waals surface area (Å²) in [6.45, 7) is 0.885. The van der Waals surface area contributed by atoms with Crippen molar-refractivity contribution in [1.29, 1.82) is 0 Å². The number of sulfonamides is 1. The molecule has 1 atom stereocenters. The number of nitrogens with zero attached hydrogens (tertiary/aromatic N) is 1. The van der Waals surface area contributed by atoms with Gasteiger partial charge >= 0.3 is 5.97 Å². The van der Waals surface area contributed by atoms with Gasteiger partial charge in [-0.1, -0.05) is 6.07 Å². The molecular formula is C15H19NO6S. The Morgan fingerprint density at radius 2 is 2.13 bits per heavy atom. The minimum Gasteiger partial charge on any atom is -0.489 e. The molecule has 0 aliphatic carbocycles. The van der Waals surface area contributed by atoms with Crippen LogP contribution in [0.4, 0.5) is 5.69 Å². The number of aromatic carboxylic acids is 1. The van der Waals surface area contributed by atoms with Crippen LogP contribution >= 0.6 is 0 Å². The van der Waals surface area contributed by atoms with Crippen LogP contribution in [0.1, 0.15) is 29.6 Å². The molecule has 2 aliphatic rings. The molecule has 7 nitrogen and oxygen atoms in total. The largest absolute Gasteiger partial charge is 0.489 e. The number of hydrogen-bond acceptors (Lipinski definition) is 5. The molecule has 0 radical (unpaired) electrons.